The molecule has 0 bridgehead atoms. The molecule has 6 nitrogen and oxygen atoms in total. The van der Waals surface area contributed by atoms with Crippen LogP contribution in [0.25, 0.3) is 0 Å². The molecular formula is C14H21N5O. The van der Waals surface area contributed by atoms with E-state index in [-0.39, 0.29) is 12.6 Å². The minimum Gasteiger partial charge on any atom is -0.395 e. The van der Waals surface area contributed by atoms with Gasteiger partial charge < -0.3 is 9.67 Å². The monoisotopic (exact) mass is 275 g/mol. The lowest BCUT2D eigenvalue weighted by Crippen LogP contribution is -2.43. The largest absolute Gasteiger partial charge is 0.395 e. The number of aryl methyl sites for hydroxylation is 3. The smallest absolute Gasteiger partial charge is 0.0949 e. The van der Waals surface area contributed by atoms with Gasteiger partial charge in [-0.05, 0) is 13.0 Å². The van der Waals surface area contributed by atoms with E-state index < -0.39 is 0 Å². The summed E-state index contributed by atoms with van der Waals surface area (Å²) in [5, 5.41) is 14.1. The highest BCUT2D eigenvalue weighted by Gasteiger charge is 2.28. The first-order valence-electron chi connectivity index (χ1n) is 6.92. The van der Waals surface area contributed by atoms with Gasteiger partial charge in [-0.15, -0.1) is 0 Å². The predicted octanol–water partition coefficient (Wildman–Crippen LogP) is 0.381. The maximum atomic E-state index is 9.67. The zero-order valence-electron chi connectivity index (χ0n) is 12.2. The molecule has 6 heteroatoms. The molecule has 0 aliphatic carbocycles. The van der Waals surface area contributed by atoms with Crippen LogP contribution in [0, 0.1) is 6.92 Å². The van der Waals surface area contributed by atoms with Crippen molar-refractivity contribution in [1.29, 1.82) is 0 Å². The summed E-state index contributed by atoms with van der Waals surface area (Å²) in [4.78, 5) is 6.75. The Balaban J connectivity index is 1.84. The fraction of sp³-hybridized carbons (Fsp3) is 0.571. The number of hydrogen-bond donors (Lipinski definition) is 1. The van der Waals surface area contributed by atoms with E-state index in [1.54, 1.807) is 0 Å². The molecule has 1 N–H and O–H groups in total. The third kappa shape index (κ3) is 2.25. The van der Waals surface area contributed by atoms with Gasteiger partial charge in [0.1, 0.15) is 0 Å². The lowest BCUT2D eigenvalue weighted by molar-refractivity contribution is 0.0945. The van der Waals surface area contributed by atoms with Crippen LogP contribution in [0.2, 0.25) is 0 Å². The standard InChI is InChI=1S/C14H21N5O/c1-10-4-11(18(3)16-10)6-19-7-13-14(5-12(19)8-20)17(2)9-15-13/h4,9,12,20H,5-8H2,1-3H3/t12-/m0/s1. The molecule has 1 aliphatic rings. The summed E-state index contributed by atoms with van der Waals surface area (Å²) in [7, 11) is 3.98. The fourth-order valence-electron chi connectivity index (χ4n) is 2.96. The van der Waals surface area contributed by atoms with Crippen molar-refractivity contribution in [2.75, 3.05) is 6.61 Å². The zero-order valence-corrected chi connectivity index (χ0v) is 12.2. The van der Waals surface area contributed by atoms with Crippen molar-refractivity contribution in [1.82, 2.24) is 24.2 Å². The van der Waals surface area contributed by atoms with Crippen molar-refractivity contribution in [3.05, 3.63) is 35.2 Å². The van der Waals surface area contributed by atoms with Gasteiger partial charge in [-0.25, -0.2) is 4.98 Å². The summed E-state index contributed by atoms with van der Waals surface area (Å²) in [6.45, 7) is 3.74. The van der Waals surface area contributed by atoms with Gasteiger partial charge in [0.25, 0.3) is 0 Å². The maximum Gasteiger partial charge on any atom is 0.0949 e. The Hall–Kier alpha value is -1.66. The SMILES string of the molecule is Cc1cc(CN2Cc3ncn(C)c3C[C@H]2CO)n(C)n1. The van der Waals surface area contributed by atoms with Crippen LogP contribution < -0.4 is 0 Å². The van der Waals surface area contributed by atoms with Crippen molar-refractivity contribution in [2.24, 2.45) is 14.1 Å². The van der Waals surface area contributed by atoms with E-state index in [0.717, 1.165) is 30.9 Å². The average Bonchev–Trinajstić information content (AvgIpc) is 2.92. The Kier molecular flexibility index (Phi) is 3.35. The van der Waals surface area contributed by atoms with Gasteiger partial charge in [-0.1, -0.05) is 0 Å². The molecule has 20 heavy (non-hydrogen) atoms. The molecule has 2 aromatic rings. The molecule has 1 aliphatic heterocycles. The normalized spacial score (nSPS) is 19.3. The molecule has 3 rings (SSSR count). The Morgan fingerprint density at radius 3 is 2.85 bits per heavy atom. The number of aliphatic hydroxyl groups is 1. The van der Waals surface area contributed by atoms with Crippen molar-refractivity contribution in [3.63, 3.8) is 0 Å². The van der Waals surface area contributed by atoms with Crippen molar-refractivity contribution in [2.45, 2.75) is 32.5 Å². The molecule has 108 valence electrons. The van der Waals surface area contributed by atoms with Gasteiger partial charge >= 0.3 is 0 Å². The summed E-state index contributed by atoms with van der Waals surface area (Å²) >= 11 is 0. The van der Waals surface area contributed by atoms with E-state index in [2.05, 4.69) is 25.6 Å². The van der Waals surface area contributed by atoms with E-state index in [0.29, 0.717) is 0 Å². The second kappa shape index (κ2) is 5.03. The van der Waals surface area contributed by atoms with E-state index >= 15 is 0 Å². The number of aliphatic hydroxyl groups excluding tert-OH is 1. The molecule has 2 aromatic heterocycles. The van der Waals surface area contributed by atoms with Crippen molar-refractivity contribution in [3.8, 4) is 0 Å². The number of nitrogens with zero attached hydrogens (tertiary/aromatic N) is 5. The Labute approximate surface area is 118 Å². The van der Waals surface area contributed by atoms with Gasteiger partial charge in [-0.2, -0.15) is 5.10 Å². The molecule has 0 saturated heterocycles. The average molecular weight is 275 g/mol. The van der Waals surface area contributed by atoms with Crippen molar-refractivity contribution < 1.29 is 5.11 Å². The molecule has 0 amide bonds. The number of aromatic nitrogens is 4. The highest BCUT2D eigenvalue weighted by molar-refractivity contribution is 5.19. The summed E-state index contributed by atoms with van der Waals surface area (Å²) in [6.07, 6.45) is 2.70. The molecule has 0 fully saturated rings. The van der Waals surface area contributed by atoms with Gasteiger partial charge in [0.2, 0.25) is 0 Å². The predicted molar refractivity (Wildman–Crippen MR) is 75.0 cm³/mol. The first-order valence-corrected chi connectivity index (χ1v) is 6.92. The van der Waals surface area contributed by atoms with E-state index in [4.69, 9.17) is 0 Å². The molecule has 0 unspecified atom stereocenters. The van der Waals surface area contributed by atoms with E-state index in [9.17, 15) is 5.11 Å². The number of fused-ring (bicyclic) bond motifs is 1. The van der Waals surface area contributed by atoms with E-state index in [1.165, 1.54) is 11.4 Å². The summed E-state index contributed by atoms with van der Waals surface area (Å²) in [5.74, 6) is 0. The highest BCUT2D eigenvalue weighted by atomic mass is 16.3. The maximum absolute atomic E-state index is 9.67. The lowest BCUT2D eigenvalue weighted by Gasteiger charge is -2.34. The summed E-state index contributed by atoms with van der Waals surface area (Å²) in [6, 6.07) is 2.25. The summed E-state index contributed by atoms with van der Waals surface area (Å²) < 4.78 is 3.97. The second-order valence-corrected chi connectivity index (χ2v) is 5.60. The number of imidazole rings is 1. The van der Waals surface area contributed by atoms with Gasteiger partial charge in [0.15, 0.2) is 0 Å². The Bertz CT molecular complexity index is 615. The van der Waals surface area contributed by atoms with Crippen LogP contribution in [-0.2, 0) is 33.6 Å². The minimum atomic E-state index is 0.146. The second-order valence-electron chi connectivity index (χ2n) is 5.60. The van der Waals surface area contributed by atoms with Crippen LogP contribution in [0.15, 0.2) is 12.4 Å². The molecule has 0 radical (unpaired) electrons. The molecule has 0 spiro atoms. The molecule has 1 atom stereocenters. The van der Waals surface area contributed by atoms with Crippen molar-refractivity contribution >= 4 is 0 Å². The highest BCUT2D eigenvalue weighted by Crippen LogP contribution is 2.23. The van der Waals surface area contributed by atoms with Crippen LogP contribution in [-0.4, -0.2) is 42.0 Å². The van der Waals surface area contributed by atoms with Crippen LogP contribution in [0.4, 0.5) is 0 Å². The third-order valence-electron chi connectivity index (χ3n) is 4.12. The Morgan fingerprint density at radius 1 is 1.40 bits per heavy atom. The van der Waals surface area contributed by atoms with Gasteiger partial charge in [0, 0.05) is 45.3 Å². The zero-order chi connectivity index (χ0) is 14.3. The first kappa shape index (κ1) is 13.3. The molecular weight excluding hydrogens is 254 g/mol. The van der Waals surface area contributed by atoms with Crippen LogP contribution in [0.1, 0.15) is 22.8 Å². The van der Waals surface area contributed by atoms with Gasteiger partial charge in [0.05, 0.1) is 30.0 Å². The lowest BCUT2D eigenvalue weighted by atomic mass is 10.0. The molecule has 3 heterocycles. The van der Waals surface area contributed by atoms with E-state index in [1.807, 2.05) is 32.0 Å². The number of hydrogen-bond acceptors (Lipinski definition) is 4. The summed E-state index contributed by atoms with van der Waals surface area (Å²) in [5.41, 5.74) is 4.55. The first-order chi connectivity index (χ1) is 9.58. The number of rotatable bonds is 3. The fourth-order valence-corrected chi connectivity index (χ4v) is 2.96. The molecule has 0 aromatic carbocycles. The quantitative estimate of drug-likeness (QED) is 0.880. The van der Waals surface area contributed by atoms with Crippen LogP contribution in [0.3, 0.4) is 0 Å². The third-order valence-corrected chi connectivity index (χ3v) is 4.12. The van der Waals surface area contributed by atoms with Crippen LogP contribution >= 0.6 is 0 Å². The minimum absolute atomic E-state index is 0.146. The van der Waals surface area contributed by atoms with Crippen LogP contribution in [0.5, 0.6) is 0 Å². The molecule has 0 saturated carbocycles. The topological polar surface area (TPSA) is 59.1 Å². The Morgan fingerprint density at radius 2 is 2.20 bits per heavy atom. The van der Waals surface area contributed by atoms with Gasteiger partial charge in [-0.3, -0.25) is 9.58 Å².